The number of aromatic hydroxyl groups is 1. The molecule has 0 radical (unpaired) electrons. The van der Waals surface area contributed by atoms with Crippen LogP contribution in [-0.4, -0.2) is 23.2 Å². The molecule has 4 heteroatoms. The van der Waals surface area contributed by atoms with Gasteiger partial charge in [-0.05, 0) is 25.3 Å². The van der Waals surface area contributed by atoms with Gasteiger partial charge in [-0.3, -0.25) is 4.79 Å². The Morgan fingerprint density at radius 3 is 2.67 bits per heavy atom. The lowest BCUT2D eigenvalue weighted by molar-refractivity contribution is 0.467. The summed E-state index contributed by atoms with van der Waals surface area (Å²) in [4.78, 5) is 17.0. The van der Waals surface area contributed by atoms with Gasteiger partial charge in [0.15, 0.2) is 0 Å². The third-order valence-corrected chi connectivity index (χ3v) is 4.10. The molecule has 4 nitrogen and oxygen atoms in total. The summed E-state index contributed by atoms with van der Waals surface area (Å²) in [6.07, 6.45) is 3.07. The molecule has 2 aromatic rings. The molecule has 1 aliphatic heterocycles. The molecule has 0 spiro atoms. The van der Waals surface area contributed by atoms with Crippen molar-refractivity contribution in [1.29, 1.82) is 0 Å². The van der Waals surface area contributed by atoms with Crippen molar-refractivity contribution in [2.24, 2.45) is 0 Å². The number of pyridine rings is 1. The number of anilines is 1. The molecule has 2 N–H and O–H groups in total. The normalized spacial score (nSPS) is 14.6. The molecule has 0 atom stereocenters. The van der Waals surface area contributed by atoms with Crippen molar-refractivity contribution in [3.05, 3.63) is 46.2 Å². The van der Waals surface area contributed by atoms with Gasteiger partial charge in [0.1, 0.15) is 5.75 Å². The summed E-state index contributed by atoms with van der Waals surface area (Å²) >= 11 is 0. The number of benzene rings is 1. The monoisotopic (exact) mass is 284 g/mol. The number of hydrogen-bond donors (Lipinski definition) is 2. The van der Waals surface area contributed by atoms with Crippen molar-refractivity contribution in [2.75, 3.05) is 18.0 Å². The second-order valence-corrected chi connectivity index (χ2v) is 5.44. The number of hydrogen-bond acceptors (Lipinski definition) is 3. The number of para-hydroxylation sites is 1. The molecule has 0 bridgehead atoms. The van der Waals surface area contributed by atoms with Gasteiger partial charge in [0.2, 0.25) is 0 Å². The summed E-state index contributed by atoms with van der Waals surface area (Å²) in [5.74, 6) is 0.0764. The maximum atomic E-state index is 11.8. The van der Waals surface area contributed by atoms with Crippen molar-refractivity contribution in [2.45, 2.75) is 26.2 Å². The van der Waals surface area contributed by atoms with E-state index in [4.69, 9.17) is 0 Å². The zero-order valence-electron chi connectivity index (χ0n) is 12.2. The molecule has 110 valence electrons. The Morgan fingerprint density at radius 2 is 1.95 bits per heavy atom. The highest BCUT2D eigenvalue weighted by atomic mass is 16.3. The van der Waals surface area contributed by atoms with E-state index in [1.807, 2.05) is 25.1 Å². The SMILES string of the molecule is CCc1c(O)cc(=O)[nH]c1-c1ccccc1N1CCCC1. The zero-order valence-corrected chi connectivity index (χ0v) is 12.2. The lowest BCUT2D eigenvalue weighted by atomic mass is 10.0. The minimum Gasteiger partial charge on any atom is -0.507 e. The van der Waals surface area contributed by atoms with E-state index in [1.54, 1.807) is 0 Å². The highest BCUT2D eigenvalue weighted by molar-refractivity contribution is 5.79. The van der Waals surface area contributed by atoms with E-state index in [9.17, 15) is 9.90 Å². The summed E-state index contributed by atoms with van der Waals surface area (Å²) in [5, 5.41) is 10.1. The molecule has 1 saturated heterocycles. The molecule has 0 amide bonds. The van der Waals surface area contributed by atoms with Crippen molar-refractivity contribution < 1.29 is 5.11 Å². The third-order valence-electron chi connectivity index (χ3n) is 4.10. The van der Waals surface area contributed by atoms with E-state index < -0.39 is 0 Å². The van der Waals surface area contributed by atoms with Gasteiger partial charge in [0, 0.05) is 36.0 Å². The average molecular weight is 284 g/mol. The molecule has 1 fully saturated rings. The van der Waals surface area contributed by atoms with Gasteiger partial charge in [-0.15, -0.1) is 0 Å². The van der Waals surface area contributed by atoms with Crippen LogP contribution in [0.2, 0.25) is 0 Å². The van der Waals surface area contributed by atoms with Crippen LogP contribution in [0.3, 0.4) is 0 Å². The van der Waals surface area contributed by atoms with Crippen molar-refractivity contribution in [3.63, 3.8) is 0 Å². The Hall–Kier alpha value is -2.23. The Kier molecular flexibility index (Phi) is 3.69. The molecule has 21 heavy (non-hydrogen) atoms. The van der Waals surface area contributed by atoms with Crippen LogP contribution < -0.4 is 10.5 Å². The van der Waals surface area contributed by atoms with Crippen LogP contribution in [0.15, 0.2) is 35.1 Å². The van der Waals surface area contributed by atoms with Gasteiger partial charge < -0.3 is 15.0 Å². The van der Waals surface area contributed by atoms with Gasteiger partial charge in [-0.2, -0.15) is 0 Å². The van der Waals surface area contributed by atoms with Crippen LogP contribution >= 0.6 is 0 Å². The molecular formula is C17H20N2O2. The Labute approximate surface area is 124 Å². The molecule has 0 aliphatic carbocycles. The largest absolute Gasteiger partial charge is 0.507 e. The Morgan fingerprint density at radius 1 is 1.24 bits per heavy atom. The lowest BCUT2D eigenvalue weighted by Crippen LogP contribution is -2.19. The number of nitrogens with zero attached hydrogens (tertiary/aromatic N) is 1. The highest BCUT2D eigenvalue weighted by Gasteiger charge is 2.19. The van der Waals surface area contributed by atoms with Crippen LogP contribution in [0.5, 0.6) is 5.75 Å². The fourth-order valence-electron chi connectivity index (χ4n) is 3.08. The van der Waals surface area contributed by atoms with E-state index in [0.717, 1.165) is 35.6 Å². The van der Waals surface area contributed by atoms with Crippen LogP contribution in [0.1, 0.15) is 25.3 Å². The number of nitrogens with one attached hydrogen (secondary N) is 1. The first kappa shape index (κ1) is 13.7. The van der Waals surface area contributed by atoms with Crippen LogP contribution in [-0.2, 0) is 6.42 Å². The number of aromatic amines is 1. The standard InChI is InChI=1S/C17H20N2O2/c1-2-12-15(20)11-16(21)18-17(12)13-7-3-4-8-14(13)19-9-5-6-10-19/h3-4,7-8,11H,2,5-6,9-10H2,1H3,(H2,18,20,21). The molecule has 1 aromatic heterocycles. The lowest BCUT2D eigenvalue weighted by Gasteiger charge is -2.22. The molecule has 1 aliphatic rings. The first-order chi connectivity index (χ1) is 10.2. The van der Waals surface area contributed by atoms with Crippen molar-refractivity contribution >= 4 is 5.69 Å². The van der Waals surface area contributed by atoms with Crippen LogP contribution in [0.4, 0.5) is 5.69 Å². The summed E-state index contributed by atoms with van der Waals surface area (Å²) in [5.41, 5.74) is 3.39. The summed E-state index contributed by atoms with van der Waals surface area (Å²) in [7, 11) is 0. The Bertz CT molecular complexity index is 700. The van der Waals surface area contributed by atoms with E-state index in [-0.39, 0.29) is 11.3 Å². The average Bonchev–Trinajstić information content (AvgIpc) is 3.00. The smallest absolute Gasteiger partial charge is 0.252 e. The van der Waals surface area contributed by atoms with Gasteiger partial charge in [-0.25, -0.2) is 0 Å². The van der Waals surface area contributed by atoms with Gasteiger partial charge >= 0.3 is 0 Å². The maximum Gasteiger partial charge on any atom is 0.252 e. The quantitative estimate of drug-likeness (QED) is 0.911. The van der Waals surface area contributed by atoms with Gasteiger partial charge in [-0.1, -0.05) is 25.1 Å². The molecular weight excluding hydrogens is 264 g/mol. The number of rotatable bonds is 3. The molecule has 1 aromatic carbocycles. The molecule has 3 rings (SSSR count). The first-order valence-corrected chi connectivity index (χ1v) is 7.50. The second-order valence-electron chi connectivity index (χ2n) is 5.44. The number of H-pyrrole nitrogens is 1. The van der Waals surface area contributed by atoms with Crippen LogP contribution in [0.25, 0.3) is 11.3 Å². The van der Waals surface area contributed by atoms with E-state index in [1.165, 1.54) is 18.9 Å². The zero-order chi connectivity index (χ0) is 14.8. The predicted molar refractivity (Wildman–Crippen MR) is 85.0 cm³/mol. The topological polar surface area (TPSA) is 56.3 Å². The fourth-order valence-corrected chi connectivity index (χ4v) is 3.08. The minimum absolute atomic E-state index is 0.0764. The maximum absolute atomic E-state index is 11.8. The third kappa shape index (κ3) is 2.53. The van der Waals surface area contributed by atoms with E-state index >= 15 is 0 Å². The Balaban J connectivity index is 2.19. The summed E-state index contributed by atoms with van der Waals surface area (Å²) < 4.78 is 0. The van der Waals surface area contributed by atoms with Crippen molar-refractivity contribution in [3.8, 4) is 17.0 Å². The first-order valence-electron chi connectivity index (χ1n) is 7.50. The molecule has 0 unspecified atom stereocenters. The van der Waals surface area contributed by atoms with Gasteiger partial charge in [0.25, 0.3) is 5.56 Å². The highest BCUT2D eigenvalue weighted by Crippen LogP contribution is 2.35. The van der Waals surface area contributed by atoms with Crippen molar-refractivity contribution in [1.82, 2.24) is 4.98 Å². The second kappa shape index (κ2) is 5.64. The van der Waals surface area contributed by atoms with Gasteiger partial charge in [0.05, 0.1) is 5.69 Å². The minimum atomic E-state index is -0.268. The summed E-state index contributed by atoms with van der Waals surface area (Å²) in [6.45, 7) is 4.07. The van der Waals surface area contributed by atoms with E-state index in [2.05, 4.69) is 16.0 Å². The van der Waals surface area contributed by atoms with Crippen LogP contribution in [0, 0.1) is 0 Å². The van der Waals surface area contributed by atoms with E-state index in [0.29, 0.717) is 6.42 Å². The predicted octanol–water partition coefficient (Wildman–Crippen LogP) is 2.91. The molecule has 0 saturated carbocycles. The fraction of sp³-hybridized carbons (Fsp3) is 0.353. The number of aromatic nitrogens is 1. The molecule has 2 heterocycles. The summed E-state index contributed by atoms with van der Waals surface area (Å²) in [6, 6.07) is 9.33.